The van der Waals surface area contributed by atoms with Crippen molar-refractivity contribution in [3.05, 3.63) is 59.1 Å². The molecule has 2 rings (SSSR count). The van der Waals surface area contributed by atoms with E-state index in [4.69, 9.17) is 0 Å². The molecule has 27 heavy (non-hydrogen) atoms. The molecule has 0 aromatic heterocycles. The Morgan fingerprint density at radius 1 is 1.04 bits per heavy atom. The molecule has 1 N–H and O–H groups in total. The van der Waals surface area contributed by atoms with Crippen LogP contribution < -0.4 is 9.73 Å². The van der Waals surface area contributed by atoms with Gasteiger partial charge in [-0.25, -0.2) is 13.8 Å². The van der Waals surface area contributed by atoms with Gasteiger partial charge in [0.15, 0.2) is 0 Å². The highest BCUT2D eigenvalue weighted by atomic mass is 79.9. The van der Waals surface area contributed by atoms with Crippen molar-refractivity contribution >= 4 is 43.3 Å². The van der Waals surface area contributed by atoms with Gasteiger partial charge in [-0.2, -0.15) is 5.10 Å². The molecule has 0 bridgehead atoms. The highest BCUT2D eigenvalue weighted by Gasteiger charge is 2.27. The molecular formula is C19H22BrN3O3S. The lowest BCUT2D eigenvalue weighted by atomic mass is 10.2. The van der Waals surface area contributed by atoms with Crippen molar-refractivity contribution in [2.45, 2.75) is 31.6 Å². The molecule has 0 atom stereocenters. The molecule has 0 aliphatic carbocycles. The number of hydrogen-bond donors (Lipinski definition) is 1. The molecule has 2 aromatic rings. The number of carbonyl (C=O) groups excluding carboxylic acids is 1. The maximum atomic E-state index is 13.1. The minimum Gasteiger partial charge on any atom is -0.271 e. The average molecular weight is 452 g/mol. The van der Waals surface area contributed by atoms with Crippen molar-refractivity contribution in [1.82, 2.24) is 5.43 Å². The van der Waals surface area contributed by atoms with Crippen LogP contribution in [0.2, 0.25) is 0 Å². The first-order valence-corrected chi connectivity index (χ1v) is 10.8. The monoisotopic (exact) mass is 451 g/mol. The molecule has 0 fully saturated rings. The van der Waals surface area contributed by atoms with Gasteiger partial charge in [-0.3, -0.25) is 9.10 Å². The van der Waals surface area contributed by atoms with E-state index in [1.165, 1.54) is 12.1 Å². The van der Waals surface area contributed by atoms with E-state index in [0.29, 0.717) is 5.69 Å². The number of nitrogens with zero attached hydrogens (tertiary/aromatic N) is 2. The summed E-state index contributed by atoms with van der Waals surface area (Å²) in [6.45, 7) is 3.52. The lowest BCUT2D eigenvalue weighted by Crippen LogP contribution is -2.39. The molecule has 0 saturated heterocycles. The molecular weight excluding hydrogens is 430 g/mol. The largest absolute Gasteiger partial charge is 0.271 e. The molecule has 6 nitrogen and oxygen atoms in total. The van der Waals surface area contributed by atoms with Crippen molar-refractivity contribution in [2.24, 2.45) is 5.10 Å². The van der Waals surface area contributed by atoms with Crippen LogP contribution in [-0.4, -0.2) is 26.6 Å². The molecule has 0 heterocycles. The number of amides is 1. The maximum Gasteiger partial charge on any atom is 0.264 e. The van der Waals surface area contributed by atoms with Crippen molar-refractivity contribution in [3.8, 4) is 0 Å². The summed E-state index contributed by atoms with van der Waals surface area (Å²) < 4.78 is 28.1. The number of hydrazone groups is 1. The normalized spacial score (nSPS) is 10.9. The summed E-state index contributed by atoms with van der Waals surface area (Å²) in [5.74, 6) is -0.503. The smallest absolute Gasteiger partial charge is 0.264 e. The van der Waals surface area contributed by atoms with Crippen molar-refractivity contribution in [2.75, 3.05) is 10.8 Å². The van der Waals surface area contributed by atoms with Crippen LogP contribution >= 0.6 is 15.9 Å². The quantitative estimate of drug-likeness (QED) is 0.487. The first-order valence-electron chi connectivity index (χ1n) is 8.56. The van der Waals surface area contributed by atoms with Crippen LogP contribution in [0.1, 0.15) is 26.7 Å². The van der Waals surface area contributed by atoms with E-state index in [9.17, 15) is 13.2 Å². The van der Waals surface area contributed by atoms with Gasteiger partial charge in [0, 0.05) is 10.2 Å². The Hall–Kier alpha value is -2.19. The number of nitrogens with one attached hydrogen (secondary N) is 1. The van der Waals surface area contributed by atoms with E-state index in [1.54, 1.807) is 42.5 Å². The third-order valence-electron chi connectivity index (χ3n) is 3.89. The lowest BCUT2D eigenvalue weighted by Gasteiger charge is -2.23. The number of rotatable bonds is 8. The summed E-state index contributed by atoms with van der Waals surface area (Å²) >= 11 is 3.33. The first kappa shape index (κ1) is 21.1. The van der Waals surface area contributed by atoms with E-state index >= 15 is 0 Å². The number of halogens is 1. The zero-order valence-electron chi connectivity index (χ0n) is 15.2. The molecule has 1 amide bonds. The van der Waals surface area contributed by atoms with Crippen LogP contribution in [0, 0.1) is 0 Å². The first-order chi connectivity index (χ1) is 12.9. The second-order valence-electron chi connectivity index (χ2n) is 5.72. The van der Waals surface area contributed by atoms with E-state index in [2.05, 4.69) is 26.5 Å². The number of carbonyl (C=O) groups is 1. The van der Waals surface area contributed by atoms with Crippen molar-refractivity contribution < 1.29 is 13.2 Å². The fourth-order valence-electron chi connectivity index (χ4n) is 2.36. The topological polar surface area (TPSA) is 78.8 Å². The van der Waals surface area contributed by atoms with Crippen LogP contribution in [0.4, 0.5) is 5.69 Å². The van der Waals surface area contributed by atoms with Crippen molar-refractivity contribution in [1.29, 1.82) is 0 Å². The third-order valence-corrected chi connectivity index (χ3v) is 6.20. The molecule has 0 aliphatic heterocycles. The van der Waals surface area contributed by atoms with Gasteiger partial charge in [0.25, 0.3) is 15.9 Å². The van der Waals surface area contributed by atoms with Gasteiger partial charge >= 0.3 is 0 Å². The van der Waals surface area contributed by atoms with Gasteiger partial charge in [-0.1, -0.05) is 48.0 Å². The standard InChI is InChI=1S/C19H22BrN3O3S/c1-3-16(4-2)21-22-19(24)14-23(17-12-10-15(20)11-13-17)27(25,26)18-8-6-5-7-9-18/h5-13H,3-4,14H2,1-2H3,(H,22,24). The number of anilines is 1. The van der Waals surface area contributed by atoms with E-state index < -0.39 is 15.9 Å². The van der Waals surface area contributed by atoms with Crippen LogP contribution in [0.3, 0.4) is 0 Å². The highest BCUT2D eigenvalue weighted by Crippen LogP contribution is 2.25. The van der Waals surface area contributed by atoms with Gasteiger partial charge in [0.05, 0.1) is 10.6 Å². The van der Waals surface area contributed by atoms with Gasteiger partial charge in [-0.05, 0) is 49.2 Å². The van der Waals surface area contributed by atoms with Gasteiger partial charge in [0.1, 0.15) is 6.54 Å². The zero-order chi connectivity index (χ0) is 19.9. The molecule has 0 aliphatic rings. The number of sulfonamides is 1. The average Bonchev–Trinajstić information content (AvgIpc) is 2.68. The summed E-state index contributed by atoms with van der Waals surface area (Å²) in [5.41, 5.74) is 3.69. The molecule has 0 saturated carbocycles. The molecule has 0 spiro atoms. The van der Waals surface area contributed by atoms with Crippen LogP contribution in [0.15, 0.2) is 69.1 Å². The maximum absolute atomic E-state index is 13.1. The fraction of sp³-hybridized carbons (Fsp3) is 0.263. The molecule has 144 valence electrons. The predicted molar refractivity (Wildman–Crippen MR) is 111 cm³/mol. The van der Waals surface area contributed by atoms with E-state index in [-0.39, 0.29) is 11.4 Å². The summed E-state index contributed by atoms with van der Waals surface area (Å²) in [7, 11) is -3.90. The van der Waals surface area contributed by atoms with E-state index in [0.717, 1.165) is 27.3 Å². The van der Waals surface area contributed by atoms with Gasteiger partial charge in [-0.15, -0.1) is 0 Å². The van der Waals surface area contributed by atoms with Crippen LogP contribution in [0.5, 0.6) is 0 Å². The Kier molecular flexibility index (Phi) is 7.55. The summed E-state index contributed by atoms with van der Waals surface area (Å²) in [6.07, 6.45) is 1.44. The number of benzene rings is 2. The van der Waals surface area contributed by atoms with Crippen LogP contribution in [0.25, 0.3) is 0 Å². The Morgan fingerprint density at radius 2 is 1.63 bits per heavy atom. The predicted octanol–water partition coefficient (Wildman–Crippen LogP) is 3.94. The second-order valence-corrected chi connectivity index (χ2v) is 8.50. The molecule has 0 radical (unpaired) electrons. The Labute approximate surface area is 168 Å². The Balaban J connectivity index is 2.35. The number of hydrogen-bond acceptors (Lipinski definition) is 4. The minimum absolute atomic E-state index is 0.118. The second kappa shape index (κ2) is 9.66. The lowest BCUT2D eigenvalue weighted by molar-refractivity contribution is -0.119. The highest BCUT2D eigenvalue weighted by molar-refractivity contribution is 9.10. The Bertz CT molecular complexity index is 892. The van der Waals surface area contributed by atoms with Gasteiger partial charge < -0.3 is 0 Å². The zero-order valence-corrected chi connectivity index (χ0v) is 17.6. The summed E-state index contributed by atoms with van der Waals surface area (Å²) in [5, 5.41) is 4.06. The third kappa shape index (κ3) is 5.64. The fourth-order valence-corrected chi connectivity index (χ4v) is 4.06. The van der Waals surface area contributed by atoms with Crippen LogP contribution in [-0.2, 0) is 14.8 Å². The summed E-state index contributed by atoms with van der Waals surface area (Å²) in [6, 6.07) is 14.8. The SMILES string of the molecule is CCC(CC)=NNC(=O)CN(c1ccc(Br)cc1)S(=O)(=O)c1ccccc1. The molecule has 0 unspecified atom stereocenters. The minimum atomic E-state index is -3.90. The molecule has 2 aromatic carbocycles. The van der Waals surface area contributed by atoms with Gasteiger partial charge in [0.2, 0.25) is 0 Å². The van der Waals surface area contributed by atoms with E-state index in [1.807, 2.05) is 13.8 Å². The Morgan fingerprint density at radius 3 is 2.19 bits per heavy atom. The summed E-state index contributed by atoms with van der Waals surface area (Å²) in [4.78, 5) is 12.5. The van der Waals surface area contributed by atoms with Crippen molar-refractivity contribution in [3.63, 3.8) is 0 Å². The molecule has 8 heteroatoms.